The maximum Gasteiger partial charge on any atom is 0.0739 e. The number of piperidine rings is 1. The maximum absolute atomic E-state index is 11.0. The third kappa shape index (κ3) is 2.67. The molecule has 2 fully saturated rings. The molecule has 17 heavy (non-hydrogen) atoms. The van der Waals surface area contributed by atoms with Crippen LogP contribution in [0.1, 0.15) is 57.8 Å². The van der Waals surface area contributed by atoms with Gasteiger partial charge in [-0.1, -0.05) is 32.1 Å². The highest BCUT2D eigenvalue weighted by Gasteiger charge is 2.48. The fraction of sp³-hybridized carbons (Fsp3) is 1.00. The molecule has 100 valence electrons. The Balaban J connectivity index is 2.14. The molecular weight excluding hydrogens is 212 g/mol. The first-order valence-corrected chi connectivity index (χ1v) is 7.36. The van der Waals surface area contributed by atoms with Crippen molar-refractivity contribution in [2.24, 2.45) is 11.1 Å². The molecule has 0 spiro atoms. The molecule has 1 heterocycles. The van der Waals surface area contributed by atoms with Gasteiger partial charge in [0.1, 0.15) is 0 Å². The molecule has 0 radical (unpaired) electrons. The molecule has 4 N–H and O–H groups in total. The van der Waals surface area contributed by atoms with Crippen LogP contribution < -0.4 is 11.1 Å². The number of rotatable bonds is 2. The van der Waals surface area contributed by atoms with Gasteiger partial charge in [-0.25, -0.2) is 0 Å². The summed E-state index contributed by atoms with van der Waals surface area (Å²) in [7, 11) is 0. The van der Waals surface area contributed by atoms with Crippen LogP contribution in [-0.4, -0.2) is 30.3 Å². The highest BCUT2D eigenvalue weighted by molar-refractivity contribution is 5.02. The Labute approximate surface area is 105 Å². The molecule has 0 aromatic heterocycles. The summed E-state index contributed by atoms with van der Waals surface area (Å²) in [6.45, 7) is 2.54. The average Bonchev–Trinajstić information content (AvgIpc) is 2.30. The quantitative estimate of drug-likeness (QED) is 0.690. The second-order valence-electron chi connectivity index (χ2n) is 6.03. The van der Waals surface area contributed by atoms with E-state index in [2.05, 4.69) is 5.32 Å². The van der Waals surface area contributed by atoms with Crippen LogP contribution in [0.3, 0.4) is 0 Å². The summed E-state index contributed by atoms with van der Waals surface area (Å²) in [4.78, 5) is 0. The number of aliphatic hydroxyl groups is 1. The number of nitrogens with one attached hydrogen (secondary N) is 1. The molecule has 1 saturated heterocycles. The van der Waals surface area contributed by atoms with Crippen molar-refractivity contribution in [2.45, 2.75) is 63.4 Å². The van der Waals surface area contributed by atoms with E-state index < -0.39 is 5.60 Å². The maximum atomic E-state index is 11.0. The third-order valence-corrected chi connectivity index (χ3v) is 5.12. The van der Waals surface area contributed by atoms with Gasteiger partial charge in [0.25, 0.3) is 0 Å². The van der Waals surface area contributed by atoms with E-state index in [1.54, 1.807) is 0 Å². The van der Waals surface area contributed by atoms with Crippen LogP contribution in [-0.2, 0) is 0 Å². The van der Waals surface area contributed by atoms with E-state index in [4.69, 9.17) is 5.73 Å². The molecule has 1 aliphatic carbocycles. The third-order valence-electron chi connectivity index (χ3n) is 5.12. The highest BCUT2D eigenvalue weighted by Crippen LogP contribution is 2.46. The first-order chi connectivity index (χ1) is 8.22. The summed E-state index contributed by atoms with van der Waals surface area (Å²) in [5.74, 6) is 0. The average molecular weight is 240 g/mol. The standard InChI is InChI=1S/C14H28N2O/c15-12-13(6-4-2-1-3-5-7-13)14(17)8-10-16-11-9-14/h16-17H,1-12,15H2. The molecule has 3 nitrogen and oxygen atoms in total. The number of hydrogen-bond donors (Lipinski definition) is 3. The van der Waals surface area contributed by atoms with Gasteiger partial charge in [0.05, 0.1) is 5.60 Å². The van der Waals surface area contributed by atoms with Crippen molar-refractivity contribution in [1.29, 1.82) is 0 Å². The molecule has 2 aliphatic rings. The van der Waals surface area contributed by atoms with E-state index in [1.165, 1.54) is 32.1 Å². The largest absolute Gasteiger partial charge is 0.389 e. The van der Waals surface area contributed by atoms with Gasteiger partial charge in [-0.15, -0.1) is 0 Å². The zero-order chi connectivity index (χ0) is 12.2. The molecule has 0 atom stereocenters. The summed E-state index contributed by atoms with van der Waals surface area (Å²) in [5.41, 5.74) is 5.58. The van der Waals surface area contributed by atoms with Crippen molar-refractivity contribution in [2.75, 3.05) is 19.6 Å². The molecule has 3 heteroatoms. The van der Waals surface area contributed by atoms with E-state index in [-0.39, 0.29) is 5.41 Å². The Morgan fingerprint density at radius 2 is 1.41 bits per heavy atom. The minimum absolute atomic E-state index is 0.00444. The van der Waals surface area contributed by atoms with Crippen LogP contribution in [0, 0.1) is 5.41 Å². The topological polar surface area (TPSA) is 58.3 Å². The van der Waals surface area contributed by atoms with Gasteiger partial charge in [0.2, 0.25) is 0 Å². The molecule has 0 amide bonds. The lowest BCUT2D eigenvalue weighted by atomic mass is 9.61. The van der Waals surface area contributed by atoms with Crippen molar-refractivity contribution < 1.29 is 5.11 Å². The van der Waals surface area contributed by atoms with Gasteiger partial charge in [-0.05, 0) is 38.8 Å². The van der Waals surface area contributed by atoms with Gasteiger partial charge < -0.3 is 16.2 Å². The van der Waals surface area contributed by atoms with Gasteiger partial charge in [-0.3, -0.25) is 0 Å². The van der Waals surface area contributed by atoms with E-state index in [0.29, 0.717) is 6.54 Å². The van der Waals surface area contributed by atoms with Crippen LogP contribution in [0.2, 0.25) is 0 Å². The second-order valence-corrected chi connectivity index (χ2v) is 6.03. The van der Waals surface area contributed by atoms with E-state index in [9.17, 15) is 5.11 Å². The Morgan fingerprint density at radius 3 is 1.94 bits per heavy atom. The van der Waals surface area contributed by atoms with Crippen molar-refractivity contribution in [3.05, 3.63) is 0 Å². The minimum Gasteiger partial charge on any atom is -0.389 e. The Morgan fingerprint density at radius 1 is 0.882 bits per heavy atom. The number of hydrogen-bond acceptors (Lipinski definition) is 3. The first kappa shape index (κ1) is 13.3. The van der Waals surface area contributed by atoms with E-state index in [1.807, 2.05) is 0 Å². The zero-order valence-electron chi connectivity index (χ0n) is 11.0. The van der Waals surface area contributed by atoms with Crippen LogP contribution in [0.4, 0.5) is 0 Å². The molecule has 1 aliphatic heterocycles. The van der Waals surface area contributed by atoms with Crippen LogP contribution in [0.15, 0.2) is 0 Å². The molecule has 0 unspecified atom stereocenters. The van der Waals surface area contributed by atoms with Crippen molar-refractivity contribution in [1.82, 2.24) is 5.32 Å². The fourth-order valence-corrected chi connectivity index (χ4v) is 3.81. The second kappa shape index (κ2) is 5.68. The Bertz CT molecular complexity index is 228. The van der Waals surface area contributed by atoms with Crippen molar-refractivity contribution in [3.63, 3.8) is 0 Å². The summed E-state index contributed by atoms with van der Waals surface area (Å²) in [5, 5.41) is 14.4. The molecule has 2 rings (SSSR count). The number of nitrogens with two attached hydrogens (primary N) is 1. The first-order valence-electron chi connectivity index (χ1n) is 7.36. The summed E-state index contributed by atoms with van der Waals surface area (Å²) >= 11 is 0. The molecular formula is C14H28N2O. The Hall–Kier alpha value is -0.120. The summed E-state index contributed by atoms with van der Waals surface area (Å²) in [6.07, 6.45) is 10.5. The van der Waals surface area contributed by atoms with Gasteiger partial charge in [0, 0.05) is 12.0 Å². The lowest BCUT2D eigenvalue weighted by Gasteiger charge is -2.50. The van der Waals surface area contributed by atoms with Crippen LogP contribution in [0.5, 0.6) is 0 Å². The molecule has 0 bridgehead atoms. The SMILES string of the molecule is NCC1(C2(O)CCNCC2)CCCCCCC1. The van der Waals surface area contributed by atoms with Crippen LogP contribution >= 0.6 is 0 Å². The normalized spacial score (nSPS) is 29.3. The van der Waals surface area contributed by atoms with Gasteiger partial charge >= 0.3 is 0 Å². The molecule has 0 aromatic rings. The highest BCUT2D eigenvalue weighted by atomic mass is 16.3. The van der Waals surface area contributed by atoms with Gasteiger partial charge in [-0.2, -0.15) is 0 Å². The smallest absolute Gasteiger partial charge is 0.0739 e. The minimum atomic E-state index is -0.510. The van der Waals surface area contributed by atoms with Crippen molar-refractivity contribution >= 4 is 0 Å². The predicted octanol–water partition coefficient (Wildman–Crippen LogP) is 1.79. The predicted molar refractivity (Wildman–Crippen MR) is 70.9 cm³/mol. The zero-order valence-corrected chi connectivity index (χ0v) is 11.0. The summed E-state index contributed by atoms with van der Waals surface area (Å²) in [6, 6.07) is 0. The van der Waals surface area contributed by atoms with E-state index in [0.717, 1.165) is 38.8 Å². The van der Waals surface area contributed by atoms with Crippen molar-refractivity contribution in [3.8, 4) is 0 Å². The molecule has 0 aromatic carbocycles. The fourth-order valence-electron chi connectivity index (χ4n) is 3.81. The lowest BCUT2D eigenvalue weighted by molar-refractivity contribution is -0.112. The van der Waals surface area contributed by atoms with E-state index >= 15 is 0 Å². The van der Waals surface area contributed by atoms with Crippen LogP contribution in [0.25, 0.3) is 0 Å². The molecule has 1 saturated carbocycles. The monoisotopic (exact) mass is 240 g/mol. The lowest BCUT2D eigenvalue weighted by Crippen LogP contribution is -2.57. The summed E-state index contributed by atoms with van der Waals surface area (Å²) < 4.78 is 0. The van der Waals surface area contributed by atoms with Gasteiger partial charge in [0.15, 0.2) is 0 Å². The Kier molecular flexibility index (Phi) is 4.45.